The summed E-state index contributed by atoms with van der Waals surface area (Å²) in [5, 5.41) is 0. The van der Waals surface area contributed by atoms with E-state index in [1.165, 1.54) is 36.1 Å². The van der Waals surface area contributed by atoms with Crippen LogP contribution in [0.1, 0.15) is 61.8 Å². The van der Waals surface area contributed by atoms with Crippen LogP contribution in [-0.4, -0.2) is 30.6 Å². The third-order valence-electron chi connectivity index (χ3n) is 7.55. The molecule has 0 spiro atoms. The molecule has 2 aromatic carbocycles. The van der Waals surface area contributed by atoms with Crippen LogP contribution >= 0.6 is 0 Å². The van der Waals surface area contributed by atoms with Crippen LogP contribution in [0.3, 0.4) is 0 Å². The molecule has 0 aromatic heterocycles. The molecule has 0 bridgehead atoms. The molecule has 2 fully saturated rings. The molecule has 2 saturated heterocycles. The van der Waals surface area contributed by atoms with Crippen LogP contribution in [0.4, 0.5) is 10.5 Å². The van der Waals surface area contributed by atoms with E-state index in [9.17, 15) is 4.79 Å². The van der Waals surface area contributed by atoms with E-state index < -0.39 is 0 Å². The summed E-state index contributed by atoms with van der Waals surface area (Å²) in [4.78, 5) is 17.7. The maximum absolute atomic E-state index is 13.2. The highest BCUT2D eigenvalue weighted by Crippen LogP contribution is 2.56. The Bertz CT molecular complexity index is 907. The molecule has 3 aliphatic rings. The molecule has 30 heavy (non-hydrogen) atoms. The lowest BCUT2D eigenvalue weighted by Gasteiger charge is -2.46. The molecule has 158 valence electrons. The molecule has 2 aromatic rings. The summed E-state index contributed by atoms with van der Waals surface area (Å²) in [5.74, 6) is 0. The number of hydrogen-bond acceptors (Lipinski definition) is 3. The number of likely N-dealkylation sites (tertiary alicyclic amines) is 1. The van der Waals surface area contributed by atoms with Crippen molar-refractivity contribution in [1.82, 2.24) is 4.90 Å². The van der Waals surface area contributed by atoms with Crippen molar-refractivity contribution >= 4 is 11.8 Å². The van der Waals surface area contributed by atoms with Gasteiger partial charge in [0.05, 0.1) is 6.04 Å². The van der Waals surface area contributed by atoms with Crippen LogP contribution < -0.4 is 4.90 Å². The van der Waals surface area contributed by atoms with E-state index in [0.29, 0.717) is 6.61 Å². The third kappa shape index (κ3) is 3.36. The number of benzene rings is 2. The van der Waals surface area contributed by atoms with Gasteiger partial charge in [-0.2, -0.15) is 0 Å². The quantitative estimate of drug-likeness (QED) is 0.654. The molecule has 4 heteroatoms. The first-order chi connectivity index (χ1) is 14.7. The first kappa shape index (κ1) is 19.5. The summed E-state index contributed by atoms with van der Waals surface area (Å²) in [6, 6.07) is 17.1. The van der Waals surface area contributed by atoms with Gasteiger partial charge in [-0.15, -0.1) is 0 Å². The summed E-state index contributed by atoms with van der Waals surface area (Å²) < 4.78 is 5.79. The standard InChI is InChI=1S/C26H32N2O2/c1-2-26-13-8-16-28(25(29)30-19-20-9-4-3-5-10-20)24(26)23-17-22(12-11-21(23)18-26)27-14-6-7-15-27/h3-5,9-12,17,24H,2,6-8,13-16,18-19H2,1H3/t24-,26+/m0/s1. The second-order valence-corrected chi connectivity index (χ2v) is 9.21. The Hall–Kier alpha value is -2.49. The number of carbonyl (C=O) groups is 1. The Kier molecular flexibility index (Phi) is 5.18. The molecule has 0 N–H and O–H groups in total. The summed E-state index contributed by atoms with van der Waals surface area (Å²) in [6.07, 6.45) is 6.79. The van der Waals surface area contributed by atoms with Crippen LogP contribution in [0.15, 0.2) is 48.5 Å². The number of piperidine rings is 1. The van der Waals surface area contributed by atoms with Gasteiger partial charge in [-0.1, -0.05) is 43.3 Å². The number of fused-ring (bicyclic) bond motifs is 3. The van der Waals surface area contributed by atoms with Gasteiger partial charge in [0.2, 0.25) is 0 Å². The highest BCUT2D eigenvalue weighted by Gasteiger charge is 2.51. The second kappa shape index (κ2) is 7.98. The summed E-state index contributed by atoms with van der Waals surface area (Å²) >= 11 is 0. The van der Waals surface area contributed by atoms with Crippen molar-refractivity contribution in [2.24, 2.45) is 5.41 Å². The lowest BCUT2D eigenvalue weighted by Crippen LogP contribution is -2.47. The van der Waals surface area contributed by atoms with Gasteiger partial charge >= 0.3 is 6.09 Å². The predicted molar refractivity (Wildman–Crippen MR) is 120 cm³/mol. The Balaban J connectivity index is 1.43. The van der Waals surface area contributed by atoms with Crippen molar-refractivity contribution in [3.05, 3.63) is 65.2 Å². The first-order valence-electron chi connectivity index (χ1n) is 11.6. The van der Waals surface area contributed by atoms with Crippen molar-refractivity contribution in [2.45, 2.75) is 58.1 Å². The second-order valence-electron chi connectivity index (χ2n) is 9.21. The third-order valence-corrected chi connectivity index (χ3v) is 7.55. The molecule has 2 atom stereocenters. The zero-order chi connectivity index (χ0) is 20.6. The number of amides is 1. The monoisotopic (exact) mass is 404 g/mol. The zero-order valence-corrected chi connectivity index (χ0v) is 18.0. The Morgan fingerprint density at radius 1 is 1.07 bits per heavy atom. The molecule has 1 amide bonds. The largest absolute Gasteiger partial charge is 0.445 e. The normalized spacial score (nSPS) is 25.2. The van der Waals surface area contributed by atoms with Crippen molar-refractivity contribution in [3.63, 3.8) is 0 Å². The van der Waals surface area contributed by atoms with Gasteiger partial charge in [0.15, 0.2) is 0 Å². The fraction of sp³-hybridized carbons (Fsp3) is 0.500. The molecular formula is C26H32N2O2. The predicted octanol–water partition coefficient (Wildman–Crippen LogP) is 5.71. The highest BCUT2D eigenvalue weighted by molar-refractivity contribution is 5.70. The molecule has 0 saturated carbocycles. The Morgan fingerprint density at radius 2 is 1.87 bits per heavy atom. The molecule has 0 radical (unpaired) electrons. The number of hydrogen-bond donors (Lipinski definition) is 0. The van der Waals surface area contributed by atoms with Crippen LogP contribution in [0.25, 0.3) is 0 Å². The van der Waals surface area contributed by atoms with Gasteiger partial charge < -0.3 is 14.5 Å². The average Bonchev–Trinajstić information content (AvgIpc) is 3.44. The van der Waals surface area contributed by atoms with Crippen molar-refractivity contribution < 1.29 is 9.53 Å². The maximum Gasteiger partial charge on any atom is 0.410 e. The molecule has 2 heterocycles. The van der Waals surface area contributed by atoms with Crippen LogP contribution in [0, 0.1) is 5.41 Å². The van der Waals surface area contributed by atoms with E-state index in [4.69, 9.17) is 4.74 Å². The van der Waals surface area contributed by atoms with Gasteiger partial charge in [-0.25, -0.2) is 4.79 Å². The van der Waals surface area contributed by atoms with Gasteiger partial charge in [0.25, 0.3) is 0 Å². The molecule has 4 nitrogen and oxygen atoms in total. The van der Waals surface area contributed by atoms with Crippen molar-refractivity contribution in [3.8, 4) is 0 Å². The fourth-order valence-electron chi connectivity index (χ4n) is 5.92. The number of nitrogens with zero attached hydrogens (tertiary/aromatic N) is 2. The van der Waals surface area contributed by atoms with E-state index in [1.807, 2.05) is 35.2 Å². The van der Waals surface area contributed by atoms with Gasteiger partial charge in [0, 0.05) is 25.3 Å². The lowest BCUT2D eigenvalue weighted by molar-refractivity contribution is 0.00979. The number of rotatable bonds is 4. The number of ether oxygens (including phenoxy) is 1. The summed E-state index contributed by atoms with van der Waals surface area (Å²) in [6.45, 7) is 5.70. The zero-order valence-electron chi connectivity index (χ0n) is 18.0. The summed E-state index contributed by atoms with van der Waals surface area (Å²) in [7, 11) is 0. The minimum absolute atomic E-state index is 0.136. The van der Waals surface area contributed by atoms with Gasteiger partial charge in [-0.3, -0.25) is 0 Å². The molecule has 0 unspecified atom stereocenters. The van der Waals surface area contributed by atoms with E-state index in [1.54, 1.807) is 0 Å². The van der Waals surface area contributed by atoms with E-state index >= 15 is 0 Å². The Morgan fingerprint density at radius 3 is 2.63 bits per heavy atom. The topological polar surface area (TPSA) is 32.8 Å². The van der Waals surface area contributed by atoms with Crippen molar-refractivity contribution in [1.29, 1.82) is 0 Å². The Labute approximate surface area is 179 Å². The number of anilines is 1. The van der Waals surface area contributed by atoms with E-state index in [2.05, 4.69) is 30.0 Å². The smallest absolute Gasteiger partial charge is 0.410 e. The minimum Gasteiger partial charge on any atom is -0.445 e. The van der Waals surface area contributed by atoms with Crippen LogP contribution in [0.5, 0.6) is 0 Å². The maximum atomic E-state index is 13.2. The lowest BCUT2D eigenvalue weighted by atomic mass is 9.72. The molecular weight excluding hydrogens is 372 g/mol. The van der Waals surface area contributed by atoms with E-state index in [0.717, 1.165) is 44.5 Å². The average molecular weight is 405 g/mol. The number of carbonyl (C=O) groups excluding carboxylic acids is 1. The molecule has 5 rings (SSSR count). The fourth-order valence-corrected chi connectivity index (χ4v) is 5.92. The van der Waals surface area contributed by atoms with Crippen LogP contribution in [-0.2, 0) is 17.8 Å². The highest BCUT2D eigenvalue weighted by atomic mass is 16.6. The van der Waals surface area contributed by atoms with E-state index in [-0.39, 0.29) is 17.6 Å². The van der Waals surface area contributed by atoms with Crippen molar-refractivity contribution in [2.75, 3.05) is 24.5 Å². The van der Waals surface area contributed by atoms with Crippen LogP contribution in [0.2, 0.25) is 0 Å². The van der Waals surface area contributed by atoms with Gasteiger partial charge in [-0.05, 0) is 72.8 Å². The first-order valence-corrected chi connectivity index (χ1v) is 11.6. The SMILES string of the molecule is CC[C@]12CCCN(C(=O)OCc3ccccc3)[C@H]1c1cc(N3CCCC3)ccc1C2. The summed E-state index contributed by atoms with van der Waals surface area (Å²) in [5.41, 5.74) is 5.29. The molecule has 1 aliphatic carbocycles. The molecule has 2 aliphatic heterocycles. The minimum atomic E-state index is -0.166. The van der Waals surface area contributed by atoms with Gasteiger partial charge in [0.1, 0.15) is 6.61 Å².